The number of nitrogens with one attached hydrogen (secondary N) is 1. The Hall–Kier alpha value is -3.55. The number of fused-ring (bicyclic) bond motifs is 1. The van der Waals surface area contributed by atoms with E-state index in [1.165, 1.54) is 12.1 Å². The first-order chi connectivity index (χ1) is 16.3. The van der Waals surface area contributed by atoms with Gasteiger partial charge in [-0.25, -0.2) is 0 Å². The number of amides is 2. The first kappa shape index (κ1) is 23.6. The second-order valence-electron chi connectivity index (χ2n) is 8.35. The summed E-state index contributed by atoms with van der Waals surface area (Å²) in [5.41, 5.74) is 1.42. The summed E-state index contributed by atoms with van der Waals surface area (Å²) in [5.74, 6) is -0.767. The van der Waals surface area contributed by atoms with Crippen molar-refractivity contribution in [2.45, 2.75) is 25.6 Å². The smallest absolute Gasteiger partial charge is 0.406 e. The highest BCUT2D eigenvalue weighted by Gasteiger charge is 2.31. The van der Waals surface area contributed by atoms with E-state index in [9.17, 15) is 22.8 Å². The van der Waals surface area contributed by atoms with Crippen LogP contribution < -0.4 is 10.1 Å². The van der Waals surface area contributed by atoms with E-state index in [2.05, 4.69) is 10.1 Å². The lowest BCUT2D eigenvalue weighted by atomic mass is 9.95. The number of ether oxygens (including phenoxy) is 1. The average Bonchev–Trinajstić information content (AvgIpc) is 2.83. The fraction of sp³-hybridized carbons (Fsp3) is 0.308. The lowest BCUT2D eigenvalue weighted by Crippen LogP contribution is -2.45. The Kier molecular flexibility index (Phi) is 7.05. The third kappa shape index (κ3) is 5.87. The van der Waals surface area contributed by atoms with Crippen LogP contribution in [0.15, 0.2) is 66.7 Å². The van der Waals surface area contributed by atoms with Crippen LogP contribution in [0.5, 0.6) is 5.75 Å². The Morgan fingerprint density at radius 3 is 2.50 bits per heavy atom. The van der Waals surface area contributed by atoms with Gasteiger partial charge >= 0.3 is 6.36 Å². The van der Waals surface area contributed by atoms with E-state index in [1.807, 2.05) is 42.5 Å². The minimum atomic E-state index is -4.72. The van der Waals surface area contributed by atoms with Crippen molar-refractivity contribution >= 4 is 22.6 Å². The molecule has 1 heterocycles. The molecule has 1 unspecified atom stereocenters. The maximum Gasteiger partial charge on any atom is 0.573 e. The molecule has 3 aromatic rings. The fourth-order valence-electron chi connectivity index (χ4n) is 4.29. The van der Waals surface area contributed by atoms with Crippen LogP contribution in [0.3, 0.4) is 0 Å². The molecule has 0 radical (unpaired) electrons. The van der Waals surface area contributed by atoms with E-state index in [0.717, 1.165) is 22.8 Å². The molecule has 1 aliphatic heterocycles. The van der Waals surface area contributed by atoms with Crippen molar-refractivity contribution in [2.24, 2.45) is 5.92 Å². The predicted molar refractivity (Wildman–Crippen MR) is 122 cm³/mol. The van der Waals surface area contributed by atoms with Gasteiger partial charge in [-0.1, -0.05) is 48.5 Å². The molecule has 8 heteroatoms. The molecule has 0 bridgehead atoms. The van der Waals surface area contributed by atoms with E-state index in [4.69, 9.17) is 0 Å². The predicted octanol–water partition coefficient (Wildman–Crippen LogP) is 4.95. The van der Waals surface area contributed by atoms with Crippen molar-refractivity contribution < 1.29 is 27.5 Å². The third-order valence-corrected chi connectivity index (χ3v) is 5.97. The van der Waals surface area contributed by atoms with E-state index in [1.54, 1.807) is 17.0 Å². The fourth-order valence-corrected chi connectivity index (χ4v) is 4.29. The summed E-state index contributed by atoms with van der Waals surface area (Å²) in [6, 6.07) is 19.0. The third-order valence-electron chi connectivity index (χ3n) is 5.97. The average molecular weight is 470 g/mol. The van der Waals surface area contributed by atoms with Crippen molar-refractivity contribution in [1.29, 1.82) is 0 Å². The van der Waals surface area contributed by atoms with Crippen molar-refractivity contribution in [3.63, 3.8) is 0 Å². The van der Waals surface area contributed by atoms with Gasteiger partial charge in [-0.05, 0) is 53.8 Å². The molecule has 0 aliphatic carbocycles. The summed E-state index contributed by atoms with van der Waals surface area (Å²) in [6.45, 7) is 1.32. The SMILES string of the molecule is O=C(NCCc1ccc(OC(F)(F)F)cc1)C1CCCN(C(=O)c2cccc3ccccc23)C1. The number of carbonyl (C=O) groups excluding carboxylic acids is 2. The molecule has 5 nitrogen and oxygen atoms in total. The van der Waals surface area contributed by atoms with Crippen LogP contribution in [-0.4, -0.2) is 42.7 Å². The summed E-state index contributed by atoms with van der Waals surface area (Å²) in [5, 5.41) is 4.79. The highest BCUT2D eigenvalue weighted by molar-refractivity contribution is 6.07. The Morgan fingerprint density at radius 2 is 1.74 bits per heavy atom. The second-order valence-corrected chi connectivity index (χ2v) is 8.35. The van der Waals surface area contributed by atoms with Crippen LogP contribution in [0.1, 0.15) is 28.8 Å². The molecule has 34 heavy (non-hydrogen) atoms. The highest BCUT2D eigenvalue weighted by atomic mass is 19.4. The molecule has 0 spiro atoms. The van der Waals surface area contributed by atoms with Gasteiger partial charge in [0.2, 0.25) is 5.91 Å². The molecule has 1 saturated heterocycles. The molecular weight excluding hydrogens is 445 g/mol. The number of nitrogens with zero attached hydrogens (tertiary/aromatic N) is 1. The van der Waals surface area contributed by atoms with Gasteiger partial charge < -0.3 is 15.0 Å². The zero-order valence-electron chi connectivity index (χ0n) is 18.5. The quantitative estimate of drug-likeness (QED) is 0.555. The molecule has 4 rings (SSSR count). The number of likely N-dealkylation sites (tertiary alicyclic amines) is 1. The standard InChI is InChI=1S/C26H25F3N2O3/c27-26(28,29)34-21-12-10-18(11-13-21)14-15-30-24(32)20-7-4-16-31(17-20)25(33)23-9-3-6-19-5-1-2-8-22(19)23/h1-3,5-6,8-13,20H,4,7,14-17H2,(H,30,32). The summed E-state index contributed by atoms with van der Waals surface area (Å²) in [7, 11) is 0. The van der Waals surface area contributed by atoms with Crippen molar-refractivity contribution in [2.75, 3.05) is 19.6 Å². The molecule has 178 valence electrons. The first-order valence-corrected chi connectivity index (χ1v) is 11.2. The minimum absolute atomic E-state index is 0.0736. The minimum Gasteiger partial charge on any atom is -0.406 e. The topological polar surface area (TPSA) is 58.6 Å². The Morgan fingerprint density at radius 1 is 1.00 bits per heavy atom. The van der Waals surface area contributed by atoms with Gasteiger partial charge in [0.1, 0.15) is 5.75 Å². The Bertz CT molecular complexity index is 1160. The summed E-state index contributed by atoms with van der Waals surface area (Å²) < 4.78 is 40.6. The van der Waals surface area contributed by atoms with Crippen LogP contribution in [0.4, 0.5) is 13.2 Å². The number of alkyl halides is 3. The van der Waals surface area contributed by atoms with Crippen LogP contribution in [0.2, 0.25) is 0 Å². The molecule has 0 aromatic heterocycles. The van der Waals surface area contributed by atoms with Crippen molar-refractivity contribution in [3.8, 4) is 5.75 Å². The lowest BCUT2D eigenvalue weighted by Gasteiger charge is -2.32. The number of benzene rings is 3. The largest absolute Gasteiger partial charge is 0.573 e. The highest BCUT2D eigenvalue weighted by Crippen LogP contribution is 2.24. The van der Waals surface area contributed by atoms with Crippen LogP contribution in [-0.2, 0) is 11.2 Å². The van der Waals surface area contributed by atoms with Crippen LogP contribution in [0, 0.1) is 5.92 Å². The number of halogens is 3. The van der Waals surface area contributed by atoms with Crippen LogP contribution in [0.25, 0.3) is 10.8 Å². The van der Waals surface area contributed by atoms with E-state index < -0.39 is 6.36 Å². The van der Waals surface area contributed by atoms with Crippen LogP contribution >= 0.6 is 0 Å². The maximum atomic E-state index is 13.2. The normalized spacial score (nSPS) is 16.3. The number of hydrogen-bond acceptors (Lipinski definition) is 3. The number of piperidine rings is 1. The zero-order valence-corrected chi connectivity index (χ0v) is 18.5. The van der Waals surface area contributed by atoms with Crippen molar-refractivity contribution in [3.05, 3.63) is 77.9 Å². The number of hydrogen-bond donors (Lipinski definition) is 1. The first-order valence-electron chi connectivity index (χ1n) is 11.2. The van der Waals surface area contributed by atoms with E-state index in [-0.39, 0.29) is 23.5 Å². The van der Waals surface area contributed by atoms with Gasteiger partial charge in [0.05, 0.1) is 5.92 Å². The van der Waals surface area contributed by atoms with Gasteiger partial charge in [0.25, 0.3) is 5.91 Å². The number of carbonyl (C=O) groups is 2. The molecule has 1 fully saturated rings. The van der Waals surface area contributed by atoms with Gasteiger partial charge in [-0.15, -0.1) is 13.2 Å². The zero-order chi connectivity index (χ0) is 24.1. The van der Waals surface area contributed by atoms with E-state index >= 15 is 0 Å². The molecule has 1 aliphatic rings. The molecular formula is C26H25F3N2O3. The molecule has 1 N–H and O–H groups in total. The molecule has 3 aromatic carbocycles. The maximum absolute atomic E-state index is 13.2. The molecule has 2 amide bonds. The summed E-state index contributed by atoms with van der Waals surface area (Å²) in [6.07, 6.45) is -2.80. The Labute approximate surface area is 195 Å². The monoisotopic (exact) mass is 470 g/mol. The number of rotatable bonds is 6. The second kappa shape index (κ2) is 10.2. The lowest BCUT2D eigenvalue weighted by molar-refractivity contribution is -0.274. The molecule has 1 atom stereocenters. The van der Waals surface area contributed by atoms with Gasteiger partial charge in [0, 0.05) is 25.2 Å². The van der Waals surface area contributed by atoms with Gasteiger partial charge in [-0.3, -0.25) is 9.59 Å². The van der Waals surface area contributed by atoms with E-state index in [0.29, 0.717) is 38.0 Å². The van der Waals surface area contributed by atoms with Gasteiger partial charge in [-0.2, -0.15) is 0 Å². The van der Waals surface area contributed by atoms with Crippen molar-refractivity contribution in [1.82, 2.24) is 10.2 Å². The summed E-state index contributed by atoms with van der Waals surface area (Å²) in [4.78, 5) is 27.7. The van der Waals surface area contributed by atoms with Gasteiger partial charge in [0.15, 0.2) is 0 Å². The summed E-state index contributed by atoms with van der Waals surface area (Å²) >= 11 is 0. The Balaban J connectivity index is 1.31. The molecule has 0 saturated carbocycles.